The zero-order valence-electron chi connectivity index (χ0n) is 11.9. The number of rotatable bonds is 6. The van der Waals surface area contributed by atoms with E-state index in [1.165, 1.54) is 0 Å². The molecule has 20 heavy (non-hydrogen) atoms. The molecular formula is C13H20INO5. The van der Waals surface area contributed by atoms with Crippen LogP contribution in [0.3, 0.4) is 0 Å². The first-order valence-corrected chi connectivity index (χ1v) is 8.14. The Kier molecular flexibility index (Phi) is 6.70. The topological polar surface area (TPSA) is 72.9 Å². The van der Waals surface area contributed by atoms with Gasteiger partial charge in [0, 0.05) is 18.0 Å². The highest BCUT2D eigenvalue weighted by Crippen LogP contribution is 2.33. The lowest BCUT2D eigenvalue weighted by Gasteiger charge is -2.22. The molecular weight excluding hydrogens is 377 g/mol. The minimum atomic E-state index is -1.16. The van der Waals surface area contributed by atoms with Crippen molar-refractivity contribution in [1.82, 2.24) is 4.90 Å². The maximum atomic E-state index is 12.2. The molecule has 114 valence electrons. The molecule has 2 atom stereocenters. The summed E-state index contributed by atoms with van der Waals surface area (Å²) in [5.41, 5.74) is 0. The van der Waals surface area contributed by atoms with Gasteiger partial charge < -0.3 is 14.4 Å². The molecule has 1 rings (SSSR count). The lowest BCUT2D eigenvalue weighted by atomic mass is 9.84. The minimum Gasteiger partial charge on any atom is -0.465 e. The monoisotopic (exact) mass is 397 g/mol. The van der Waals surface area contributed by atoms with Gasteiger partial charge in [-0.25, -0.2) is 0 Å². The standard InChI is InChI=1S/C13H20INO5/c1-4-19-12(17)10(13(18)20-5-2)9-8(6-14)7-15(3)11(9)16/h8-10H,4-7H2,1-3H3. The summed E-state index contributed by atoms with van der Waals surface area (Å²) in [4.78, 5) is 37.9. The molecule has 0 radical (unpaired) electrons. The second kappa shape index (κ2) is 7.80. The SMILES string of the molecule is CCOC(=O)C(C(=O)OCC)C1C(=O)N(C)CC1CI. The highest BCUT2D eigenvalue weighted by atomic mass is 127. The van der Waals surface area contributed by atoms with Crippen LogP contribution in [0.5, 0.6) is 0 Å². The first kappa shape index (κ1) is 17.2. The largest absolute Gasteiger partial charge is 0.465 e. The Hall–Kier alpha value is -0.860. The average Bonchev–Trinajstić information content (AvgIpc) is 2.68. The summed E-state index contributed by atoms with van der Waals surface area (Å²) in [5.74, 6) is -3.43. The number of alkyl halides is 1. The van der Waals surface area contributed by atoms with Crippen LogP contribution in [0.25, 0.3) is 0 Å². The van der Waals surface area contributed by atoms with Crippen LogP contribution >= 0.6 is 22.6 Å². The normalized spacial score (nSPS) is 22.2. The van der Waals surface area contributed by atoms with Crippen molar-refractivity contribution in [2.24, 2.45) is 17.8 Å². The smallest absolute Gasteiger partial charge is 0.321 e. The summed E-state index contributed by atoms with van der Waals surface area (Å²) >= 11 is 2.16. The van der Waals surface area contributed by atoms with E-state index in [-0.39, 0.29) is 25.0 Å². The highest BCUT2D eigenvalue weighted by molar-refractivity contribution is 14.1. The maximum absolute atomic E-state index is 12.2. The summed E-state index contributed by atoms with van der Waals surface area (Å²) in [6.45, 7) is 4.21. The second-order valence-corrected chi connectivity index (χ2v) is 5.52. The summed E-state index contributed by atoms with van der Waals surface area (Å²) < 4.78 is 10.6. The van der Waals surface area contributed by atoms with E-state index in [2.05, 4.69) is 22.6 Å². The van der Waals surface area contributed by atoms with Crippen molar-refractivity contribution in [3.05, 3.63) is 0 Å². The van der Waals surface area contributed by atoms with Gasteiger partial charge in [0.05, 0.1) is 19.1 Å². The molecule has 0 N–H and O–H groups in total. The molecule has 2 unspecified atom stereocenters. The molecule has 7 heteroatoms. The van der Waals surface area contributed by atoms with Crippen LogP contribution in [0.4, 0.5) is 0 Å². The van der Waals surface area contributed by atoms with Gasteiger partial charge in [-0.05, 0) is 19.8 Å². The van der Waals surface area contributed by atoms with Crippen LogP contribution < -0.4 is 0 Å². The molecule has 0 aliphatic carbocycles. The molecule has 0 saturated carbocycles. The third kappa shape index (κ3) is 3.62. The van der Waals surface area contributed by atoms with Crippen molar-refractivity contribution >= 4 is 40.4 Å². The van der Waals surface area contributed by atoms with E-state index < -0.39 is 23.8 Å². The Balaban J connectivity index is 3.04. The Labute approximate surface area is 132 Å². The van der Waals surface area contributed by atoms with Gasteiger partial charge in [0.15, 0.2) is 5.92 Å². The van der Waals surface area contributed by atoms with Gasteiger partial charge in [0.25, 0.3) is 0 Å². The van der Waals surface area contributed by atoms with Crippen molar-refractivity contribution < 1.29 is 23.9 Å². The summed E-state index contributed by atoms with van der Waals surface area (Å²) in [7, 11) is 1.68. The van der Waals surface area contributed by atoms with Crippen LogP contribution in [-0.2, 0) is 23.9 Å². The lowest BCUT2D eigenvalue weighted by molar-refractivity contribution is -0.167. The number of carbonyl (C=O) groups excluding carboxylic acids is 3. The second-order valence-electron chi connectivity index (χ2n) is 4.64. The maximum Gasteiger partial charge on any atom is 0.321 e. The first-order chi connectivity index (χ1) is 9.47. The fourth-order valence-corrected chi connectivity index (χ4v) is 3.25. The number of carbonyl (C=O) groups is 3. The highest BCUT2D eigenvalue weighted by Gasteiger charge is 2.50. The van der Waals surface area contributed by atoms with Crippen molar-refractivity contribution in [3.63, 3.8) is 0 Å². The predicted molar refractivity (Wildman–Crippen MR) is 80.3 cm³/mol. The third-order valence-electron chi connectivity index (χ3n) is 3.32. The zero-order valence-corrected chi connectivity index (χ0v) is 14.1. The fourth-order valence-electron chi connectivity index (χ4n) is 2.42. The fraction of sp³-hybridized carbons (Fsp3) is 0.769. The number of ether oxygens (including phenoxy) is 2. The van der Waals surface area contributed by atoms with Crippen LogP contribution in [0.1, 0.15) is 13.8 Å². The number of esters is 2. The van der Waals surface area contributed by atoms with Crippen LogP contribution in [0.15, 0.2) is 0 Å². The molecule has 1 aliphatic rings. The number of nitrogens with zero attached hydrogens (tertiary/aromatic N) is 1. The quantitative estimate of drug-likeness (QED) is 0.288. The van der Waals surface area contributed by atoms with Crippen LogP contribution in [0.2, 0.25) is 0 Å². The Morgan fingerprint density at radius 3 is 2.20 bits per heavy atom. The number of likely N-dealkylation sites (tertiary alicyclic amines) is 1. The van der Waals surface area contributed by atoms with E-state index in [9.17, 15) is 14.4 Å². The van der Waals surface area contributed by atoms with Crippen molar-refractivity contribution in [2.75, 3.05) is 31.2 Å². The molecule has 0 bridgehead atoms. The van der Waals surface area contributed by atoms with Crippen molar-refractivity contribution in [2.45, 2.75) is 13.8 Å². The summed E-state index contributed by atoms with van der Waals surface area (Å²) in [5, 5.41) is 0. The molecule has 1 saturated heterocycles. The molecule has 6 nitrogen and oxygen atoms in total. The van der Waals surface area contributed by atoms with E-state index >= 15 is 0 Å². The summed E-state index contributed by atoms with van der Waals surface area (Å²) in [6.07, 6.45) is 0. The Bertz CT molecular complexity index is 369. The number of amides is 1. The third-order valence-corrected chi connectivity index (χ3v) is 4.45. The van der Waals surface area contributed by atoms with E-state index in [1.54, 1.807) is 25.8 Å². The van der Waals surface area contributed by atoms with Crippen molar-refractivity contribution in [3.8, 4) is 0 Å². The van der Waals surface area contributed by atoms with Crippen LogP contribution in [-0.4, -0.2) is 54.0 Å². The predicted octanol–water partition coefficient (Wildman–Crippen LogP) is 0.868. The Morgan fingerprint density at radius 2 is 1.80 bits per heavy atom. The number of halogens is 1. The van der Waals surface area contributed by atoms with Gasteiger partial charge >= 0.3 is 11.9 Å². The number of hydrogen-bond acceptors (Lipinski definition) is 5. The van der Waals surface area contributed by atoms with E-state index in [0.717, 1.165) is 0 Å². The molecule has 1 aliphatic heterocycles. The Morgan fingerprint density at radius 1 is 1.30 bits per heavy atom. The molecule has 1 heterocycles. The summed E-state index contributed by atoms with van der Waals surface area (Å²) in [6, 6.07) is 0. The van der Waals surface area contributed by atoms with Gasteiger partial charge in [-0.15, -0.1) is 0 Å². The lowest BCUT2D eigenvalue weighted by Crippen LogP contribution is -2.40. The van der Waals surface area contributed by atoms with Gasteiger partial charge in [0.2, 0.25) is 5.91 Å². The van der Waals surface area contributed by atoms with E-state index in [0.29, 0.717) is 11.0 Å². The average molecular weight is 397 g/mol. The van der Waals surface area contributed by atoms with E-state index in [4.69, 9.17) is 9.47 Å². The zero-order chi connectivity index (χ0) is 15.3. The van der Waals surface area contributed by atoms with Gasteiger partial charge in [-0.1, -0.05) is 22.6 Å². The molecule has 0 aromatic heterocycles. The molecule has 0 aromatic rings. The van der Waals surface area contributed by atoms with Crippen molar-refractivity contribution in [1.29, 1.82) is 0 Å². The van der Waals surface area contributed by atoms with E-state index in [1.807, 2.05) is 0 Å². The molecule has 1 amide bonds. The molecule has 0 spiro atoms. The molecule has 1 fully saturated rings. The van der Waals surface area contributed by atoms with Gasteiger partial charge in [-0.2, -0.15) is 0 Å². The van der Waals surface area contributed by atoms with Gasteiger partial charge in [-0.3, -0.25) is 14.4 Å². The molecule has 0 aromatic carbocycles. The minimum absolute atomic E-state index is 0.0492. The van der Waals surface area contributed by atoms with Gasteiger partial charge in [0.1, 0.15) is 0 Å². The number of hydrogen-bond donors (Lipinski definition) is 0. The first-order valence-electron chi connectivity index (χ1n) is 6.62. The van der Waals surface area contributed by atoms with Crippen LogP contribution in [0, 0.1) is 17.8 Å².